The van der Waals surface area contributed by atoms with Crippen molar-refractivity contribution >= 4 is 29.6 Å². The Morgan fingerprint density at radius 1 is 0.875 bits per heavy atom. The van der Waals surface area contributed by atoms with Crippen LogP contribution in [-0.2, 0) is 14.3 Å². The number of ether oxygens (including phenoxy) is 3. The minimum absolute atomic E-state index is 0.0234. The highest BCUT2D eigenvalue weighted by atomic mass is 16.5. The minimum Gasteiger partial charge on any atom is -0.490 e. The molecule has 1 saturated heterocycles. The lowest BCUT2D eigenvalue weighted by atomic mass is 10.0. The molecule has 168 valence electrons. The molecule has 1 aliphatic rings. The maximum absolute atomic E-state index is 13.3. The average molecular weight is 438 g/mol. The van der Waals surface area contributed by atoms with Crippen LogP contribution in [0, 0.1) is 0 Å². The van der Waals surface area contributed by atoms with Crippen molar-refractivity contribution in [1.82, 2.24) is 4.90 Å². The van der Waals surface area contributed by atoms with E-state index in [-0.39, 0.29) is 18.7 Å². The molecule has 0 atom stereocenters. The first-order valence-electron chi connectivity index (χ1n) is 10.4. The van der Waals surface area contributed by atoms with Gasteiger partial charge in [0.1, 0.15) is 5.57 Å². The summed E-state index contributed by atoms with van der Waals surface area (Å²) in [7, 11) is 1.48. The smallest absolute Gasteiger partial charge is 0.338 e. The summed E-state index contributed by atoms with van der Waals surface area (Å²) in [4.78, 5) is 41.4. The fourth-order valence-corrected chi connectivity index (χ4v) is 3.28. The Kier molecular flexibility index (Phi) is 7.62. The predicted molar refractivity (Wildman–Crippen MR) is 120 cm³/mol. The van der Waals surface area contributed by atoms with E-state index in [0.717, 1.165) is 9.80 Å². The van der Waals surface area contributed by atoms with Crippen LogP contribution in [0.5, 0.6) is 11.5 Å². The topological polar surface area (TPSA) is 85.4 Å². The predicted octanol–water partition coefficient (Wildman–Crippen LogP) is 3.51. The van der Waals surface area contributed by atoms with Crippen molar-refractivity contribution < 1.29 is 28.6 Å². The zero-order valence-corrected chi connectivity index (χ0v) is 18.4. The highest BCUT2D eigenvalue weighted by Gasteiger charge is 2.42. The van der Waals surface area contributed by atoms with E-state index in [1.807, 2.05) is 13.8 Å². The number of barbiturate groups is 1. The summed E-state index contributed by atoms with van der Waals surface area (Å²) >= 11 is 0. The van der Waals surface area contributed by atoms with Crippen LogP contribution in [0.4, 0.5) is 10.5 Å². The first kappa shape index (κ1) is 23.0. The van der Waals surface area contributed by atoms with Crippen molar-refractivity contribution in [3.63, 3.8) is 0 Å². The summed E-state index contributed by atoms with van der Waals surface area (Å²) in [5, 5.41) is 0. The van der Waals surface area contributed by atoms with Crippen LogP contribution in [-0.4, -0.2) is 56.2 Å². The number of amides is 4. The summed E-state index contributed by atoms with van der Waals surface area (Å²) in [6.07, 6.45) is 1.46. The fraction of sp³-hybridized carbons (Fsp3) is 0.292. The van der Waals surface area contributed by atoms with Crippen LogP contribution < -0.4 is 14.4 Å². The molecule has 8 heteroatoms. The van der Waals surface area contributed by atoms with E-state index >= 15 is 0 Å². The van der Waals surface area contributed by atoms with Crippen LogP contribution >= 0.6 is 0 Å². The number of imide groups is 2. The molecule has 0 N–H and O–H groups in total. The van der Waals surface area contributed by atoms with Gasteiger partial charge in [-0.2, -0.15) is 0 Å². The van der Waals surface area contributed by atoms with Crippen molar-refractivity contribution in [3.05, 3.63) is 59.7 Å². The first-order chi connectivity index (χ1) is 15.5. The van der Waals surface area contributed by atoms with Crippen molar-refractivity contribution in [2.45, 2.75) is 13.8 Å². The van der Waals surface area contributed by atoms with Gasteiger partial charge in [-0.1, -0.05) is 24.3 Å². The van der Waals surface area contributed by atoms with Gasteiger partial charge in [-0.15, -0.1) is 0 Å². The van der Waals surface area contributed by atoms with Crippen molar-refractivity contribution in [2.75, 3.05) is 38.4 Å². The lowest BCUT2D eigenvalue weighted by Crippen LogP contribution is -2.57. The molecule has 0 bridgehead atoms. The number of para-hydroxylation sites is 1. The number of carbonyl (C=O) groups is 3. The number of hydrogen-bond acceptors (Lipinski definition) is 6. The third-order valence-corrected chi connectivity index (χ3v) is 4.74. The summed E-state index contributed by atoms with van der Waals surface area (Å²) in [5.41, 5.74) is 0.823. The second-order valence-corrected chi connectivity index (χ2v) is 6.84. The van der Waals surface area contributed by atoms with E-state index in [9.17, 15) is 14.4 Å². The zero-order valence-electron chi connectivity index (χ0n) is 18.4. The Bertz CT molecular complexity index is 1020. The molecule has 8 nitrogen and oxygen atoms in total. The second kappa shape index (κ2) is 10.6. The Morgan fingerprint density at radius 3 is 2.22 bits per heavy atom. The first-order valence-corrected chi connectivity index (χ1v) is 10.4. The lowest BCUT2D eigenvalue weighted by Gasteiger charge is -2.33. The largest absolute Gasteiger partial charge is 0.490 e. The number of carbonyl (C=O) groups excluding carboxylic acids is 3. The quantitative estimate of drug-likeness (QED) is 0.440. The summed E-state index contributed by atoms with van der Waals surface area (Å²) in [6, 6.07) is 12.9. The fourth-order valence-electron chi connectivity index (χ4n) is 3.28. The number of rotatable bonds is 9. The molecule has 2 aromatic carbocycles. The van der Waals surface area contributed by atoms with Gasteiger partial charge >= 0.3 is 6.03 Å². The molecule has 0 radical (unpaired) electrons. The van der Waals surface area contributed by atoms with Gasteiger partial charge in [0.05, 0.1) is 32.1 Å². The van der Waals surface area contributed by atoms with Crippen LogP contribution in [0.2, 0.25) is 0 Å². The Morgan fingerprint density at radius 2 is 1.56 bits per heavy atom. The van der Waals surface area contributed by atoms with Gasteiger partial charge in [0.25, 0.3) is 11.8 Å². The molecular formula is C24H26N2O6. The third kappa shape index (κ3) is 4.81. The van der Waals surface area contributed by atoms with Gasteiger partial charge < -0.3 is 14.2 Å². The number of benzene rings is 2. The maximum Gasteiger partial charge on any atom is 0.338 e. The Balaban J connectivity index is 2.05. The molecular weight excluding hydrogens is 412 g/mol. The molecule has 0 spiro atoms. The normalized spacial score (nSPS) is 15.5. The van der Waals surface area contributed by atoms with Crippen molar-refractivity contribution in [1.29, 1.82) is 0 Å². The van der Waals surface area contributed by atoms with E-state index in [1.54, 1.807) is 48.5 Å². The van der Waals surface area contributed by atoms with Gasteiger partial charge in [0.2, 0.25) is 0 Å². The minimum atomic E-state index is -0.706. The monoisotopic (exact) mass is 438 g/mol. The Labute approximate surface area is 187 Å². The van der Waals surface area contributed by atoms with Crippen molar-refractivity contribution in [2.24, 2.45) is 0 Å². The zero-order chi connectivity index (χ0) is 23.1. The molecule has 3 rings (SSSR count). The molecule has 0 aliphatic carbocycles. The summed E-state index contributed by atoms with van der Waals surface area (Å²) in [5.74, 6) is -0.282. The molecule has 2 aromatic rings. The van der Waals surface area contributed by atoms with Gasteiger partial charge in [-0.25, -0.2) is 9.69 Å². The molecule has 0 unspecified atom stereocenters. The molecule has 1 heterocycles. The second-order valence-electron chi connectivity index (χ2n) is 6.84. The maximum atomic E-state index is 13.3. The average Bonchev–Trinajstić information content (AvgIpc) is 2.79. The molecule has 0 aromatic heterocycles. The van der Waals surface area contributed by atoms with E-state index in [4.69, 9.17) is 14.2 Å². The van der Waals surface area contributed by atoms with Gasteiger partial charge in [-0.05, 0) is 49.8 Å². The molecule has 4 amide bonds. The van der Waals surface area contributed by atoms with Crippen molar-refractivity contribution in [3.8, 4) is 11.5 Å². The number of urea groups is 1. The molecule has 1 fully saturated rings. The standard InChI is InChI=1S/C24H26N2O6/c1-4-31-20-12-11-17(16-21(20)32-5-2)15-19-22(27)25(13-14-30-3)24(29)26(23(19)28)18-9-7-6-8-10-18/h6-12,15-16H,4-5,13-14H2,1-3H3/b19-15-. The number of hydrogen-bond donors (Lipinski definition) is 0. The molecule has 1 aliphatic heterocycles. The van der Waals surface area contributed by atoms with E-state index < -0.39 is 17.8 Å². The molecule has 32 heavy (non-hydrogen) atoms. The van der Waals surface area contributed by atoms with Gasteiger partial charge in [-0.3, -0.25) is 14.5 Å². The van der Waals surface area contributed by atoms with Crippen LogP contribution in [0.1, 0.15) is 19.4 Å². The van der Waals surface area contributed by atoms with Crippen LogP contribution in [0.15, 0.2) is 54.1 Å². The molecule has 0 saturated carbocycles. The van der Waals surface area contributed by atoms with Gasteiger partial charge in [0.15, 0.2) is 11.5 Å². The number of anilines is 1. The number of methoxy groups -OCH3 is 1. The van der Waals surface area contributed by atoms with E-state index in [2.05, 4.69) is 0 Å². The third-order valence-electron chi connectivity index (χ3n) is 4.74. The van der Waals surface area contributed by atoms with Gasteiger partial charge in [0, 0.05) is 7.11 Å². The van der Waals surface area contributed by atoms with E-state index in [1.165, 1.54) is 13.2 Å². The lowest BCUT2D eigenvalue weighted by molar-refractivity contribution is -0.129. The van der Waals surface area contributed by atoms with E-state index in [0.29, 0.717) is 36.0 Å². The SMILES string of the molecule is CCOc1ccc(/C=C2/C(=O)N(CCOC)C(=O)N(c3ccccc3)C2=O)cc1OCC. The highest BCUT2D eigenvalue weighted by molar-refractivity contribution is 6.39. The summed E-state index contributed by atoms with van der Waals surface area (Å²) in [6.45, 7) is 4.80. The number of nitrogens with zero attached hydrogens (tertiary/aromatic N) is 2. The van der Waals surface area contributed by atoms with Crippen LogP contribution in [0.3, 0.4) is 0 Å². The Hall–Kier alpha value is -3.65. The highest BCUT2D eigenvalue weighted by Crippen LogP contribution is 2.31. The van der Waals surface area contributed by atoms with Crippen LogP contribution in [0.25, 0.3) is 6.08 Å². The summed E-state index contributed by atoms with van der Waals surface area (Å²) < 4.78 is 16.3.